The van der Waals surface area contributed by atoms with Gasteiger partial charge in [0.1, 0.15) is 11.4 Å². The van der Waals surface area contributed by atoms with Crippen molar-refractivity contribution in [2.75, 3.05) is 31.6 Å². The standard InChI is InChI=1S/C22H22ClN3O2/c1-28-22(27)20-6-3-11-24-21(20)25-12-13-26-18(9-10-19(26)15-25)8-7-16-4-2-5-17(23)14-16/h2-6,11,14,18-19H,9-10,12-13,15H2,1H3/t18?,19-/m0/s1. The van der Waals surface area contributed by atoms with E-state index in [1.165, 1.54) is 7.11 Å². The van der Waals surface area contributed by atoms with Crippen LogP contribution >= 0.6 is 11.6 Å². The fourth-order valence-electron chi connectivity index (χ4n) is 4.05. The number of esters is 1. The largest absolute Gasteiger partial charge is 0.465 e. The molecular formula is C22H22ClN3O2. The van der Waals surface area contributed by atoms with Crippen molar-refractivity contribution < 1.29 is 9.53 Å². The van der Waals surface area contributed by atoms with Crippen LogP contribution in [0.5, 0.6) is 0 Å². The van der Waals surface area contributed by atoms with E-state index in [9.17, 15) is 4.79 Å². The molecular weight excluding hydrogens is 374 g/mol. The molecule has 2 saturated heterocycles. The molecule has 28 heavy (non-hydrogen) atoms. The summed E-state index contributed by atoms with van der Waals surface area (Å²) in [5.74, 6) is 7.06. The highest BCUT2D eigenvalue weighted by molar-refractivity contribution is 6.30. The second-order valence-corrected chi connectivity index (χ2v) is 7.51. The molecule has 1 unspecified atom stereocenters. The molecule has 0 saturated carbocycles. The normalized spacial score (nSPS) is 21.6. The number of methoxy groups -OCH3 is 1. The average Bonchev–Trinajstić information content (AvgIpc) is 3.14. The molecule has 144 valence electrons. The number of ether oxygens (including phenoxy) is 1. The van der Waals surface area contributed by atoms with Crippen LogP contribution < -0.4 is 4.90 Å². The van der Waals surface area contributed by atoms with Gasteiger partial charge in [0, 0.05) is 42.5 Å². The summed E-state index contributed by atoms with van der Waals surface area (Å²) in [7, 11) is 1.40. The minimum absolute atomic E-state index is 0.259. The third-order valence-corrected chi connectivity index (χ3v) is 5.64. The van der Waals surface area contributed by atoms with Crippen molar-refractivity contribution in [2.45, 2.75) is 24.9 Å². The quantitative estimate of drug-likeness (QED) is 0.577. The van der Waals surface area contributed by atoms with E-state index >= 15 is 0 Å². The molecule has 4 rings (SSSR count). The lowest BCUT2D eigenvalue weighted by Crippen LogP contribution is -2.52. The van der Waals surface area contributed by atoms with Crippen LogP contribution in [0.25, 0.3) is 0 Å². The number of hydrogen-bond donors (Lipinski definition) is 0. The Morgan fingerprint density at radius 3 is 2.96 bits per heavy atom. The zero-order chi connectivity index (χ0) is 19.5. The summed E-state index contributed by atoms with van der Waals surface area (Å²) in [5, 5.41) is 0.710. The molecule has 5 nitrogen and oxygen atoms in total. The van der Waals surface area contributed by atoms with E-state index < -0.39 is 0 Å². The van der Waals surface area contributed by atoms with Gasteiger partial charge in [-0.05, 0) is 43.2 Å². The van der Waals surface area contributed by atoms with Crippen LogP contribution in [0, 0.1) is 11.8 Å². The van der Waals surface area contributed by atoms with Crippen molar-refractivity contribution in [3.05, 3.63) is 58.7 Å². The molecule has 1 aromatic carbocycles. The molecule has 0 N–H and O–H groups in total. The summed E-state index contributed by atoms with van der Waals surface area (Å²) in [6.07, 6.45) is 3.87. The second kappa shape index (κ2) is 8.22. The van der Waals surface area contributed by atoms with Crippen molar-refractivity contribution in [3.63, 3.8) is 0 Å². The minimum atomic E-state index is -0.345. The maximum absolute atomic E-state index is 12.1. The number of halogens is 1. The van der Waals surface area contributed by atoms with E-state index in [1.54, 1.807) is 18.3 Å². The highest BCUT2D eigenvalue weighted by Gasteiger charge is 2.37. The average molecular weight is 396 g/mol. The smallest absolute Gasteiger partial charge is 0.341 e. The molecule has 1 aromatic heterocycles. The number of carbonyl (C=O) groups is 1. The number of carbonyl (C=O) groups excluding carboxylic acids is 1. The van der Waals surface area contributed by atoms with Crippen LogP contribution in [0.1, 0.15) is 28.8 Å². The SMILES string of the molecule is COC(=O)c1cccnc1N1CCN2C(C#Cc3cccc(Cl)c3)CC[C@H]2C1. The van der Waals surface area contributed by atoms with Gasteiger partial charge in [-0.25, -0.2) is 9.78 Å². The molecule has 2 atom stereocenters. The Balaban J connectivity index is 1.47. The van der Waals surface area contributed by atoms with Gasteiger partial charge in [-0.2, -0.15) is 0 Å². The van der Waals surface area contributed by atoms with Crippen LogP contribution in [-0.4, -0.2) is 54.7 Å². The fraction of sp³-hybridized carbons (Fsp3) is 0.364. The van der Waals surface area contributed by atoms with Gasteiger partial charge in [-0.3, -0.25) is 4.90 Å². The van der Waals surface area contributed by atoms with E-state index in [2.05, 4.69) is 26.6 Å². The summed E-state index contributed by atoms with van der Waals surface area (Å²) in [5.41, 5.74) is 1.47. The van der Waals surface area contributed by atoms with Crippen LogP contribution in [0.3, 0.4) is 0 Å². The van der Waals surface area contributed by atoms with Gasteiger partial charge in [-0.15, -0.1) is 0 Å². The van der Waals surface area contributed by atoms with Gasteiger partial charge < -0.3 is 9.64 Å². The molecule has 2 aliphatic heterocycles. The number of fused-ring (bicyclic) bond motifs is 1. The summed E-state index contributed by atoms with van der Waals surface area (Å²) in [6, 6.07) is 11.9. The van der Waals surface area contributed by atoms with Crippen molar-refractivity contribution in [3.8, 4) is 11.8 Å². The second-order valence-electron chi connectivity index (χ2n) is 7.08. The number of benzene rings is 1. The van der Waals surface area contributed by atoms with E-state index in [1.807, 2.05) is 24.3 Å². The molecule has 0 amide bonds. The first-order valence-electron chi connectivity index (χ1n) is 9.47. The van der Waals surface area contributed by atoms with Gasteiger partial charge in [0.15, 0.2) is 0 Å². The number of nitrogens with zero attached hydrogens (tertiary/aromatic N) is 3. The molecule has 0 aliphatic carbocycles. The highest BCUT2D eigenvalue weighted by atomic mass is 35.5. The molecule has 3 heterocycles. The number of pyridine rings is 1. The highest BCUT2D eigenvalue weighted by Crippen LogP contribution is 2.30. The Labute approximate surface area is 170 Å². The van der Waals surface area contributed by atoms with Crippen molar-refractivity contribution in [1.29, 1.82) is 0 Å². The van der Waals surface area contributed by atoms with E-state index in [4.69, 9.17) is 16.3 Å². The number of anilines is 1. The Bertz CT molecular complexity index is 937. The van der Waals surface area contributed by atoms with Crippen LogP contribution in [-0.2, 0) is 4.74 Å². The minimum Gasteiger partial charge on any atom is -0.465 e. The van der Waals surface area contributed by atoms with Gasteiger partial charge in [-0.1, -0.05) is 29.5 Å². The van der Waals surface area contributed by atoms with E-state index in [0.717, 1.165) is 38.0 Å². The van der Waals surface area contributed by atoms with Crippen LogP contribution in [0.4, 0.5) is 5.82 Å². The lowest BCUT2D eigenvalue weighted by atomic mass is 10.1. The van der Waals surface area contributed by atoms with E-state index in [-0.39, 0.29) is 12.0 Å². The third-order valence-electron chi connectivity index (χ3n) is 5.40. The molecule has 6 heteroatoms. The first kappa shape index (κ1) is 18.8. The van der Waals surface area contributed by atoms with Crippen LogP contribution in [0.2, 0.25) is 5.02 Å². The summed E-state index contributed by atoms with van der Waals surface area (Å²) in [6.45, 7) is 2.56. The molecule has 2 aliphatic rings. The van der Waals surface area contributed by atoms with Gasteiger partial charge in [0.25, 0.3) is 0 Å². The topological polar surface area (TPSA) is 45.7 Å². The molecule has 0 bridgehead atoms. The molecule has 2 fully saturated rings. The van der Waals surface area contributed by atoms with Gasteiger partial charge in [0.2, 0.25) is 0 Å². The maximum Gasteiger partial charge on any atom is 0.341 e. The number of hydrogen-bond acceptors (Lipinski definition) is 5. The van der Waals surface area contributed by atoms with Crippen molar-refractivity contribution >= 4 is 23.4 Å². The lowest BCUT2D eigenvalue weighted by molar-refractivity contribution is 0.0600. The molecule has 2 aromatic rings. The summed E-state index contributed by atoms with van der Waals surface area (Å²) < 4.78 is 4.91. The summed E-state index contributed by atoms with van der Waals surface area (Å²) in [4.78, 5) is 21.2. The Morgan fingerprint density at radius 1 is 1.25 bits per heavy atom. The molecule has 0 spiro atoms. The molecule has 0 radical (unpaired) electrons. The fourth-order valence-corrected chi connectivity index (χ4v) is 4.24. The predicted octanol–water partition coefficient (Wildman–Crippen LogP) is 3.23. The monoisotopic (exact) mass is 395 g/mol. The first-order valence-corrected chi connectivity index (χ1v) is 9.84. The van der Waals surface area contributed by atoms with Gasteiger partial charge >= 0.3 is 5.97 Å². The zero-order valence-electron chi connectivity index (χ0n) is 15.8. The Hall–Kier alpha value is -2.55. The van der Waals surface area contributed by atoms with Gasteiger partial charge in [0.05, 0.1) is 13.2 Å². The van der Waals surface area contributed by atoms with Crippen molar-refractivity contribution in [1.82, 2.24) is 9.88 Å². The Morgan fingerprint density at radius 2 is 2.14 bits per heavy atom. The summed E-state index contributed by atoms with van der Waals surface area (Å²) >= 11 is 6.05. The maximum atomic E-state index is 12.1. The first-order chi connectivity index (χ1) is 13.7. The Kier molecular flexibility index (Phi) is 5.52. The lowest BCUT2D eigenvalue weighted by Gasteiger charge is -2.39. The number of aromatic nitrogens is 1. The third kappa shape index (κ3) is 3.84. The predicted molar refractivity (Wildman–Crippen MR) is 110 cm³/mol. The number of rotatable bonds is 2. The zero-order valence-corrected chi connectivity index (χ0v) is 16.5. The van der Waals surface area contributed by atoms with Crippen LogP contribution in [0.15, 0.2) is 42.6 Å². The van der Waals surface area contributed by atoms with E-state index in [0.29, 0.717) is 22.4 Å². The van der Waals surface area contributed by atoms with Crippen molar-refractivity contribution in [2.24, 2.45) is 0 Å². The number of piperazine rings is 1.